The second-order valence-corrected chi connectivity index (χ2v) is 5.00. The highest BCUT2D eigenvalue weighted by Gasteiger charge is 2.09. The Kier molecular flexibility index (Phi) is 5.61. The Morgan fingerprint density at radius 3 is 3.05 bits per heavy atom. The Morgan fingerprint density at radius 1 is 1.32 bits per heavy atom. The van der Waals surface area contributed by atoms with E-state index in [2.05, 4.69) is 10.2 Å². The molecule has 3 nitrogen and oxygen atoms in total. The zero-order valence-corrected chi connectivity index (χ0v) is 11.6. The summed E-state index contributed by atoms with van der Waals surface area (Å²) in [4.78, 5) is 2.48. The van der Waals surface area contributed by atoms with Gasteiger partial charge in [0.1, 0.15) is 11.6 Å². The fraction of sp³-hybridized carbons (Fsp3) is 0.600. The van der Waals surface area contributed by atoms with Crippen LogP contribution in [-0.4, -0.2) is 44.7 Å². The maximum Gasteiger partial charge on any atom is 0.123 e. The lowest BCUT2D eigenvalue weighted by Crippen LogP contribution is -2.29. The van der Waals surface area contributed by atoms with Gasteiger partial charge >= 0.3 is 0 Å². The molecule has 106 valence electrons. The molecule has 0 bridgehead atoms. The Morgan fingerprint density at radius 2 is 2.21 bits per heavy atom. The van der Waals surface area contributed by atoms with E-state index in [9.17, 15) is 4.39 Å². The maximum atomic E-state index is 13.2. The van der Waals surface area contributed by atoms with Gasteiger partial charge in [-0.15, -0.1) is 0 Å². The van der Waals surface area contributed by atoms with Gasteiger partial charge in [0.25, 0.3) is 0 Å². The Balaban J connectivity index is 1.82. The van der Waals surface area contributed by atoms with Crippen molar-refractivity contribution >= 4 is 0 Å². The molecule has 1 N–H and O–H groups in total. The Hall–Kier alpha value is -1.13. The predicted octanol–water partition coefficient (Wildman–Crippen LogP) is 2.06. The van der Waals surface area contributed by atoms with Gasteiger partial charge in [-0.2, -0.15) is 0 Å². The summed E-state index contributed by atoms with van der Waals surface area (Å²) in [5, 5.41) is 3.40. The van der Waals surface area contributed by atoms with Crippen molar-refractivity contribution in [1.82, 2.24) is 10.2 Å². The van der Waals surface area contributed by atoms with Gasteiger partial charge in [0, 0.05) is 13.1 Å². The van der Waals surface area contributed by atoms with Crippen molar-refractivity contribution in [3.63, 3.8) is 0 Å². The lowest BCUT2D eigenvalue weighted by molar-refractivity contribution is 0.288. The third-order valence-corrected chi connectivity index (χ3v) is 3.60. The first-order valence-electron chi connectivity index (χ1n) is 7.05. The molecule has 0 unspecified atom stereocenters. The first kappa shape index (κ1) is 14.3. The second kappa shape index (κ2) is 7.46. The third-order valence-electron chi connectivity index (χ3n) is 3.60. The molecular weight excluding hydrogens is 243 g/mol. The molecule has 1 aromatic rings. The largest absolute Gasteiger partial charge is 0.496 e. The van der Waals surface area contributed by atoms with Crippen molar-refractivity contribution in [2.45, 2.75) is 19.3 Å². The molecule has 0 radical (unpaired) electrons. The van der Waals surface area contributed by atoms with Crippen LogP contribution >= 0.6 is 0 Å². The SMILES string of the molecule is COc1ccc(F)cc1CCCN1CCCNCC1. The Labute approximate surface area is 114 Å². The topological polar surface area (TPSA) is 24.5 Å². The zero-order chi connectivity index (χ0) is 13.5. The molecule has 0 atom stereocenters. The summed E-state index contributed by atoms with van der Waals surface area (Å²) in [7, 11) is 1.64. The first-order valence-corrected chi connectivity index (χ1v) is 7.05. The molecule has 1 heterocycles. The van der Waals surface area contributed by atoms with Crippen LogP contribution in [0.1, 0.15) is 18.4 Å². The van der Waals surface area contributed by atoms with Crippen LogP contribution < -0.4 is 10.1 Å². The molecule has 0 amide bonds. The summed E-state index contributed by atoms with van der Waals surface area (Å²) in [5.74, 6) is 0.605. The van der Waals surface area contributed by atoms with Crippen molar-refractivity contribution in [3.8, 4) is 5.75 Å². The highest BCUT2D eigenvalue weighted by Crippen LogP contribution is 2.20. The molecule has 19 heavy (non-hydrogen) atoms. The van der Waals surface area contributed by atoms with Crippen LogP contribution in [0.15, 0.2) is 18.2 Å². The van der Waals surface area contributed by atoms with E-state index >= 15 is 0 Å². The fourth-order valence-electron chi connectivity index (χ4n) is 2.56. The van der Waals surface area contributed by atoms with Gasteiger partial charge in [0.2, 0.25) is 0 Å². The van der Waals surface area contributed by atoms with Crippen molar-refractivity contribution in [3.05, 3.63) is 29.6 Å². The van der Waals surface area contributed by atoms with Crippen LogP contribution in [-0.2, 0) is 6.42 Å². The van der Waals surface area contributed by atoms with E-state index in [0.29, 0.717) is 0 Å². The van der Waals surface area contributed by atoms with Crippen LogP contribution in [0.3, 0.4) is 0 Å². The van der Waals surface area contributed by atoms with Gasteiger partial charge in [-0.25, -0.2) is 4.39 Å². The standard InChI is InChI=1S/C15H23FN2O/c1-19-15-6-5-14(16)12-13(15)4-2-9-18-10-3-7-17-8-11-18/h5-6,12,17H,2-4,7-11H2,1H3. The van der Waals surface area contributed by atoms with Gasteiger partial charge in [0.05, 0.1) is 7.11 Å². The van der Waals surface area contributed by atoms with E-state index in [4.69, 9.17) is 4.74 Å². The van der Waals surface area contributed by atoms with Crippen molar-refractivity contribution < 1.29 is 9.13 Å². The van der Waals surface area contributed by atoms with E-state index in [1.165, 1.54) is 12.5 Å². The van der Waals surface area contributed by atoms with E-state index in [0.717, 1.165) is 56.9 Å². The summed E-state index contributed by atoms with van der Waals surface area (Å²) < 4.78 is 18.5. The van der Waals surface area contributed by atoms with Crippen molar-refractivity contribution in [2.75, 3.05) is 39.8 Å². The van der Waals surface area contributed by atoms with Crippen molar-refractivity contribution in [1.29, 1.82) is 0 Å². The van der Waals surface area contributed by atoms with Gasteiger partial charge in [-0.1, -0.05) is 0 Å². The van der Waals surface area contributed by atoms with E-state index in [-0.39, 0.29) is 5.82 Å². The van der Waals surface area contributed by atoms with E-state index in [1.807, 2.05) is 0 Å². The monoisotopic (exact) mass is 266 g/mol. The normalized spacial score (nSPS) is 17.2. The van der Waals surface area contributed by atoms with Gasteiger partial charge < -0.3 is 15.0 Å². The smallest absolute Gasteiger partial charge is 0.123 e. The molecule has 1 saturated heterocycles. The summed E-state index contributed by atoms with van der Waals surface area (Å²) in [6, 6.07) is 4.74. The number of ether oxygens (including phenoxy) is 1. The first-order chi connectivity index (χ1) is 9.29. The third kappa shape index (κ3) is 4.48. The number of halogens is 1. The molecule has 0 aliphatic carbocycles. The molecule has 1 fully saturated rings. The second-order valence-electron chi connectivity index (χ2n) is 5.00. The Bertz CT molecular complexity index is 390. The average Bonchev–Trinajstić information content (AvgIpc) is 2.68. The molecule has 0 spiro atoms. The molecule has 2 rings (SSSR count). The fourth-order valence-corrected chi connectivity index (χ4v) is 2.56. The predicted molar refractivity (Wildman–Crippen MR) is 75.2 cm³/mol. The van der Waals surface area contributed by atoms with Crippen LogP contribution in [0.2, 0.25) is 0 Å². The van der Waals surface area contributed by atoms with Crippen LogP contribution in [0, 0.1) is 5.82 Å². The molecule has 0 saturated carbocycles. The quantitative estimate of drug-likeness (QED) is 0.883. The summed E-state index contributed by atoms with van der Waals surface area (Å²) in [6.45, 7) is 5.53. The molecule has 4 heteroatoms. The zero-order valence-electron chi connectivity index (χ0n) is 11.6. The summed E-state index contributed by atoms with van der Waals surface area (Å²) in [5.41, 5.74) is 0.968. The maximum absolute atomic E-state index is 13.2. The highest BCUT2D eigenvalue weighted by molar-refractivity contribution is 5.33. The van der Waals surface area contributed by atoms with E-state index < -0.39 is 0 Å². The lowest BCUT2D eigenvalue weighted by atomic mass is 10.1. The molecular formula is C15H23FN2O. The minimum Gasteiger partial charge on any atom is -0.496 e. The minimum absolute atomic E-state index is 0.185. The van der Waals surface area contributed by atoms with Gasteiger partial charge in [-0.3, -0.25) is 0 Å². The van der Waals surface area contributed by atoms with Crippen molar-refractivity contribution in [2.24, 2.45) is 0 Å². The number of hydrogen-bond donors (Lipinski definition) is 1. The molecule has 1 aliphatic heterocycles. The number of aryl methyl sites for hydroxylation is 1. The summed E-state index contributed by atoms with van der Waals surface area (Å²) in [6.07, 6.45) is 3.12. The van der Waals surface area contributed by atoms with Crippen LogP contribution in [0.4, 0.5) is 4.39 Å². The molecule has 0 aromatic heterocycles. The van der Waals surface area contributed by atoms with Crippen LogP contribution in [0.25, 0.3) is 0 Å². The summed E-state index contributed by atoms with van der Waals surface area (Å²) >= 11 is 0. The number of methoxy groups -OCH3 is 1. The molecule has 1 aromatic carbocycles. The van der Waals surface area contributed by atoms with Gasteiger partial charge in [-0.05, 0) is 62.7 Å². The number of nitrogens with zero attached hydrogens (tertiary/aromatic N) is 1. The van der Waals surface area contributed by atoms with Crippen LogP contribution in [0.5, 0.6) is 5.75 Å². The lowest BCUT2D eigenvalue weighted by Gasteiger charge is -2.19. The molecule has 1 aliphatic rings. The number of benzene rings is 1. The number of rotatable bonds is 5. The number of nitrogens with one attached hydrogen (secondary N) is 1. The van der Waals surface area contributed by atoms with Gasteiger partial charge in [0.15, 0.2) is 0 Å². The van der Waals surface area contributed by atoms with E-state index in [1.54, 1.807) is 19.2 Å². The average molecular weight is 266 g/mol. The highest BCUT2D eigenvalue weighted by atomic mass is 19.1. The number of hydrogen-bond acceptors (Lipinski definition) is 3. The minimum atomic E-state index is -0.185.